The van der Waals surface area contributed by atoms with Gasteiger partial charge in [-0.2, -0.15) is 0 Å². The van der Waals surface area contributed by atoms with Gasteiger partial charge >= 0.3 is 0 Å². The monoisotopic (exact) mass is 479 g/mol. The normalized spacial score (nSPS) is 26.8. The van der Waals surface area contributed by atoms with Gasteiger partial charge in [-0.25, -0.2) is 0 Å². The van der Waals surface area contributed by atoms with Gasteiger partial charge in [0.05, 0.1) is 12.8 Å². The molecule has 4 unspecified atom stereocenters. The van der Waals surface area contributed by atoms with Gasteiger partial charge in [-0.05, 0) is 67.7 Å². The molecular formula is C27H37N5OS. The summed E-state index contributed by atoms with van der Waals surface area (Å²) in [5, 5.41) is 7.48. The predicted molar refractivity (Wildman–Crippen MR) is 144 cm³/mol. The molecule has 2 N–H and O–H groups in total. The second-order valence-electron chi connectivity index (χ2n) is 9.85. The van der Waals surface area contributed by atoms with E-state index in [-0.39, 0.29) is 0 Å². The first-order valence-corrected chi connectivity index (χ1v) is 13.0. The molecule has 0 aliphatic carbocycles. The zero-order valence-corrected chi connectivity index (χ0v) is 21.0. The van der Waals surface area contributed by atoms with Crippen molar-refractivity contribution in [2.45, 2.75) is 18.9 Å². The summed E-state index contributed by atoms with van der Waals surface area (Å²) in [6.07, 6.45) is 2.63. The van der Waals surface area contributed by atoms with Crippen LogP contribution in [0, 0.1) is 11.8 Å². The summed E-state index contributed by atoms with van der Waals surface area (Å²) < 4.78 is 5.58. The number of ether oxygens (including phenoxy) is 1. The third kappa shape index (κ3) is 5.48. The molecule has 0 radical (unpaired) electrons. The summed E-state index contributed by atoms with van der Waals surface area (Å²) >= 11 is 5.52. The molecule has 4 fully saturated rings. The maximum absolute atomic E-state index is 5.58. The standard InChI is InChI=1S/C27H37N5OS/c1-33-26-10-6-5-9-25(26)31-15-13-30(14-16-31)19-22-20-32-12-11-21(22)17-24(32)18-28-27(34)29-23-7-3-2-4-8-23/h2-10,21-22,24H,11-20H2,1H3,(H2,28,29,34). The number of benzene rings is 2. The van der Waals surface area contributed by atoms with Crippen molar-refractivity contribution < 1.29 is 4.74 Å². The lowest BCUT2D eigenvalue weighted by Crippen LogP contribution is -2.59. The Morgan fingerprint density at radius 3 is 2.50 bits per heavy atom. The Hall–Kier alpha value is -2.35. The number of fused-ring (bicyclic) bond motifs is 3. The Kier molecular flexibility index (Phi) is 7.52. The van der Waals surface area contributed by atoms with Crippen LogP contribution in [-0.4, -0.2) is 80.4 Å². The molecule has 0 spiro atoms. The molecule has 0 saturated carbocycles. The van der Waals surface area contributed by atoms with Crippen molar-refractivity contribution in [3.8, 4) is 5.75 Å². The molecular weight excluding hydrogens is 442 g/mol. The summed E-state index contributed by atoms with van der Waals surface area (Å²) in [5.74, 6) is 2.60. The summed E-state index contributed by atoms with van der Waals surface area (Å²) in [6, 6.07) is 19.1. The number of para-hydroxylation sites is 3. The molecule has 2 bridgehead atoms. The zero-order chi connectivity index (χ0) is 23.3. The molecule has 4 heterocycles. The van der Waals surface area contributed by atoms with Gasteiger partial charge in [-0.3, -0.25) is 9.80 Å². The second-order valence-corrected chi connectivity index (χ2v) is 10.3. The average Bonchev–Trinajstić information content (AvgIpc) is 2.89. The Bertz CT molecular complexity index is 949. The molecule has 0 amide bonds. The quantitative estimate of drug-likeness (QED) is 0.589. The molecule has 2 aromatic rings. The SMILES string of the molecule is COc1ccccc1N1CCN(CC2CN3CCC2CC3CNC(=S)Nc2ccccc2)CC1. The third-order valence-electron chi connectivity index (χ3n) is 7.83. The molecule has 4 saturated heterocycles. The minimum absolute atomic E-state index is 0.591. The van der Waals surface area contributed by atoms with E-state index in [1.165, 1.54) is 38.2 Å². The third-order valence-corrected chi connectivity index (χ3v) is 8.08. The fourth-order valence-corrected chi connectivity index (χ4v) is 6.17. The Morgan fingerprint density at radius 1 is 1.00 bits per heavy atom. The van der Waals surface area contributed by atoms with Crippen molar-refractivity contribution in [3.05, 3.63) is 54.6 Å². The molecule has 4 aliphatic heterocycles. The van der Waals surface area contributed by atoms with Gasteiger partial charge in [-0.15, -0.1) is 0 Å². The van der Waals surface area contributed by atoms with Gasteiger partial charge in [0.2, 0.25) is 0 Å². The summed E-state index contributed by atoms with van der Waals surface area (Å²) in [7, 11) is 1.76. The van der Waals surface area contributed by atoms with Crippen LogP contribution in [0.15, 0.2) is 54.6 Å². The lowest BCUT2D eigenvalue weighted by Gasteiger charge is -2.51. The summed E-state index contributed by atoms with van der Waals surface area (Å²) in [6.45, 7) is 9.02. The van der Waals surface area contributed by atoms with Crippen molar-refractivity contribution in [1.29, 1.82) is 0 Å². The van der Waals surface area contributed by atoms with E-state index in [9.17, 15) is 0 Å². The zero-order valence-electron chi connectivity index (χ0n) is 20.2. The van der Waals surface area contributed by atoms with Gasteiger partial charge in [0.15, 0.2) is 5.11 Å². The highest BCUT2D eigenvalue weighted by Gasteiger charge is 2.40. The molecule has 2 aromatic carbocycles. The number of piperidine rings is 3. The number of hydrogen-bond acceptors (Lipinski definition) is 5. The number of nitrogens with zero attached hydrogens (tertiary/aromatic N) is 3. The lowest BCUT2D eigenvalue weighted by atomic mass is 9.75. The fraction of sp³-hybridized carbons (Fsp3) is 0.519. The molecule has 6 nitrogen and oxygen atoms in total. The lowest BCUT2D eigenvalue weighted by molar-refractivity contribution is -0.0110. The average molecular weight is 480 g/mol. The van der Waals surface area contributed by atoms with E-state index in [1.54, 1.807) is 7.11 Å². The highest BCUT2D eigenvalue weighted by atomic mass is 32.1. The first kappa shape index (κ1) is 23.4. The molecule has 4 atom stereocenters. The minimum Gasteiger partial charge on any atom is -0.495 e. The van der Waals surface area contributed by atoms with Crippen molar-refractivity contribution >= 4 is 28.7 Å². The van der Waals surface area contributed by atoms with Gasteiger partial charge in [-0.1, -0.05) is 30.3 Å². The van der Waals surface area contributed by atoms with Crippen LogP contribution in [0.2, 0.25) is 0 Å². The first-order valence-electron chi connectivity index (χ1n) is 12.6. The number of nitrogens with one attached hydrogen (secondary N) is 2. The summed E-state index contributed by atoms with van der Waals surface area (Å²) in [4.78, 5) is 7.86. The van der Waals surface area contributed by atoms with Crippen molar-refractivity contribution in [3.63, 3.8) is 0 Å². The van der Waals surface area contributed by atoms with Crippen molar-refractivity contribution in [2.75, 3.05) is 69.7 Å². The maximum Gasteiger partial charge on any atom is 0.170 e. The Morgan fingerprint density at radius 2 is 1.76 bits per heavy atom. The molecule has 0 aromatic heterocycles. The molecule has 4 aliphatic rings. The van der Waals surface area contributed by atoms with Crippen LogP contribution >= 0.6 is 12.2 Å². The van der Waals surface area contributed by atoms with Crippen LogP contribution in [0.25, 0.3) is 0 Å². The number of hydrogen-bond donors (Lipinski definition) is 2. The van der Waals surface area contributed by atoms with Crippen molar-refractivity contribution in [1.82, 2.24) is 15.1 Å². The Labute approximate surface area is 209 Å². The maximum atomic E-state index is 5.58. The van der Waals surface area contributed by atoms with E-state index in [1.807, 2.05) is 36.4 Å². The Balaban J connectivity index is 1.07. The number of rotatable bonds is 7. The molecule has 182 valence electrons. The number of piperazine rings is 1. The smallest absolute Gasteiger partial charge is 0.170 e. The van der Waals surface area contributed by atoms with Gasteiger partial charge < -0.3 is 20.3 Å². The minimum atomic E-state index is 0.591. The van der Waals surface area contributed by atoms with Crippen LogP contribution in [0.5, 0.6) is 5.75 Å². The summed E-state index contributed by atoms with van der Waals surface area (Å²) in [5.41, 5.74) is 2.26. The van der Waals surface area contributed by atoms with E-state index < -0.39 is 0 Å². The van der Waals surface area contributed by atoms with Crippen LogP contribution in [0.4, 0.5) is 11.4 Å². The number of methoxy groups -OCH3 is 1. The van der Waals surface area contributed by atoms with E-state index >= 15 is 0 Å². The molecule has 7 heteroatoms. The van der Waals surface area contributed by atoms with Crippen LogP contribution in [0.1, 0.15) is 12.8 Å². The fourth-order valence-electron chi connectivity index (χ4n) is 5.97. The second kappa shape index (κ2) is 10.9. The van der Waals surface area contributed by atoms with Crippen molar-refractivity contribution in [2.24, 2.45) is 11.8 Å². The van der Waals surface area contributed by atoms with Gasteiger partial charge in [0.25, 0.3) is 0 Å². The largest absolute Gasteiger partial charge is 0.495 e. The van der Waals surface area contributed by atoms with E-state index in [0.717, 1.165) is 61.1 Å². The molecule has 6 rings (SSSR count). The van der Waals surface area contributed by atoms with Gasteiger partial charge in [0.1, 0.15) is 5.75 Å². The first-order chi connectivity index (χ1) is 16.7. The highest BCUT2D eigenvalue weighted by Crippen LogP contribution is 2.37. The van der Waals surface area contributed by atoms with Crippen LogP contribution in [-0.2, 0) is 0 Å². The molecule has 34 heavy (non-hydrogen) atoms. The number of anilines is 2. The highest BCUT2D eigenvalue weighted by molar-refractivity contribution is 7.80. The topological polar surface area (TPSA) is 43.0 Å². The van der Waals surface area contributed by atoms with Crippen LogP contribution in [0.3, 0.4) is 0 Å². The predicted octanol–water partition coefficient (Wildman–Crippen LogP) is 3.51. The van der Waals surface area contributed by atoms with Crippen LogP contribution < -0.4 is 20.3 Å². The van der Waals surface area contributed by atoms with E-state index in [0.29, 0.717) is 6.04 Å². The number of thiocarbonyl (C=S) groups is 1. The van der Waals surface area contributed by atoms with E-state index in [4.69, 9.17) is 17.0 Å². The van der Waals surface area contributed by atoms with Gasteiger partial charge in [0, 0.05) is 57.5 Å². The van der Waals surface area contributed by atoms with E-state index in [2.05, 4.69) is 43.5 Å².